The summed E-state index contributed by atoms with van der Waals surface area (Å²) in [6.07, 6.45) is 1.03. The molecule has 24 heavy (non-hydrogen) atoms. The molecule has 3 rings (SSSR count). The number of piperazine rings is 1. The first-order chi connectivity index (χ1) is 11.7. The summed E-state index contributed by atoms with van der Waals surface area (Å²) in [5, 5.41) is 0. The van der Waals surface area contributed by atoms with Gasteiger partial charge < -0.3 is 4.90 Å². The van der Waals surface area contributed by atoms with Gasteiger partial charge in [-0.05, 0) is 24.1 Å². The van der Waals surface area contributed by atoms with E-state index in [9.17, 15) is 9.18 Å². The van der Waals surface area contributed by atoms with Crippen molar-refractivity contribution in [1.82, 2.24) is 9.80 Å². The van der Waals surface area contributed by atoms with Crippen LogP contribution in [0.15, 0.2) is 54.6 Å². The van der Waals surface area contributed by atoms with Crippen molar-refractivity contribution in [3.8, 4) is 0 Å². The van der Waals surface area contributed by atoms with Crippen LogP contribution < -0.4 is 0 Å². The van der Waals surface area contributed by atoms with E-state index in [1.54, 1.807) is 23.1 Å². The monoisotopic (exact) mass is 326 g/mol. The average Bonchev–Trinajstić information content (AvgIpc) is 2.64. The van der Waals surface area contributed by atoms with Crippen molar-refractivity contribution in [2.45, 2.75) is 19.4 Å². The molecule has 126 valence electrons. The van der Waals surface area contributed by atoms with Crippen LogP contribution in [0.3, 0.4) is 0 Å². The number of halogens is 1. The Hall–Kier alpha value is -2.20. The third kappa shape index (κ3) is 3.49. The zero-order valence-electron chi connectivity index (χ0n) is 14.0. The van der Waals surface area contributed by atoms with Gasteiger partial charge in [-0.15, -0.1) is 0 Å². The molecule has 1 heterocycles. The number of amides is 1. The van der Waals surface area contributed by atoms with Crippen LogP contribution in [-0.2, 0) is 0 Å². The van der Waals surface area contributed by atoms with Gasteiger partial charge in [0.05, 0.1) is 5.56 Å². The van der Waals surface area contributed by atoms with E-state index in [0.29, 0.717) is 19.1 Å². The number of benzene rings is 2. The van der Waals surface area contributed by atoms with Crippen molar-refractivity contribution in [3.63, 3.8) is 0 Å². The molecule has 1 saturated heterocycles. The smallest absolute Gasteiger partial charge is 0.256 e. The highest BCUT2D eigenvalue weighted by molar-refractivity contribution is 5.94. The van der Waals surface area contributed by atoms with E-state index < -0.39 is 5.82 Å². The number of rotatable bonds is 4. The first kappa shape index (κ1) is 16.7. The van der Waals surface area contributed by atoms with Gasteiger partial charge >= 0.3 is 0 Å². The first-order valence-corrected chi connectivity index (χ1v) is 8.53. The zero-order chi connectivity index (χ0) is 16.9. The fourth-order valence-electron chi connectivity index (χ4n) is 3.42. The molecule has 1 unspecified atom stereocenters. The molecule has 1 amide bonds. The summed E-state index contributed by atoms with van der Waals surface area (Å²) >= 11 is 0. The fraction of sp³-hybridized carbons (Fsp3) is 0.350. The predicted molar refractivity (Wildman–Crippen MR) is 93.4 cm³/mol. The molecule has 0 spiro atoms. The lowest BCUT2D eigenvalue weighted by Gasteiger charge is -2.39. The second kappa shape index (κ2) is 7.58. The van der Waals surface area contributed by atoms with Gasteiger partial charge in [0.1, 0.15) is 5.82 Å². The van der Waals surface area contributed by atoms with Crippen LogP contribution in [0.4, 0.5) is 4.39 Å². The summed E-state index contributed by atoms with van der Waals surface area (Å²) in [7, 11) is 0. The van der Waals surface area contributed by atoms with Gasteiger partial charge in [0.15, 0.2) is 0 Å². The Morgan fingerprint density at radius 3 is 2.25 bits per heavy atom. The van der Waals surface area contributed by atoms with Gasteiger partial charge in [0, 0.05) is 32.2 Å². The number of hydrogen-bond acceptors (Lipinski definition) is 2. The van der Waals surface area contributed by atoms with Crippen LogP contribution in [0, 0.1) is 5.82 Å². The number of carbonyl (C=O) groups is 1. The summed E-state index contributed by atoms with van der Waals surface area (Å²) in [5.74, 6) is -0.652. The Morgan fingerprint density at radius 1 is 1.00 bits per heavy atom. The van der Waals surface area contributed by atoms with E-state index >= 15 is 0 Å². The maximum atomic E-state index is 13.8. The number of nitrogens with zero attached hydrogens (tertiary/aromatic N) is 2. The zero-order valence-corrected chi connectivity index (χ0v) is 14.0. The molecule has 2 aromatic carbocycles. The lowest BCUT2D eigenvalue weighted by molar-refractivity contribution is 0.0558. The van der Waals surface area contributed by atoms with Crippen LogP contribution in [0.25, 0.3) is 0 Å². The van der Waals surface area contributed by atoms with Gasteiger partial charge in [-0.1, -0.05) is 49.4 Å². The number of hydrogen-bond donors (Lipinski definition) is 0. The fourth-order valence-corrected chi connectivity index (χ4v) is 3.42. The van der Waals surface area contributed by atoms with Crippen LogP contribution in [0.1, 0.15) is 35.3 Å². The van der Waals surface area contributed by atoms with E-state index in [-0.39, 0.29) is 11.5 Å². The third-order valence-corrected chi connectivity index (χ3v) is 4.72. The van der Waals surface area contributed by atoms with E-state index in [0.717, 1.165) is 19.5 Å². The Morgan fingerprint density at radius 2 is 1.62 bits per heavy atom. The molecule has 0 aromatic heterocycles. The lowest BCUT2D eigenvalue weighted by atomic mass is 10.0. The van der Waals surface area contributed by atoms with Crippen molar-refractivity contribution in [1.29, 1.82) is 0 Å². The Kier molecular flexibility index (Phi) is 5.26. The van der Waals surface area contributed by atoms with Crippen LogP contribution in [-0.4, -0.2) is 41.9 Å². The highest BCUT2D eigenvalue weighted by atomic mass is 19.1. The molecule has 3 nitrogen and oxygen atoms in total. The molecule has 0 bridgehead atoms. The molecule has 1 fully saturated rings. The summed E-state index contributed by atoms with van der Waals surface area (Å²) < 4.78 is 13.8. The van der Waals surface area contributed by atoms with Gasteiger partial charge in [-0.25, -0.2) is 4.39 Å². The van der Waals surface area contributed by atoms with Crippen LogP contribution in [0.5, 0.6) is 0 Å². The van der Waals surface area contributed by atoms with Gasteiger partial charge in [0.25, 0.3) is 5.91 Å². The minimum atomic E-state index is -0.444. The standard InChI is InChI=1S/C20H23FN2O/c1-2-19(16-8-4-3-5-9-16)22-12-14-23(15-13-22)20(24)17-10-6-7-11-18(17)21/h3-11,19H,2,12-15H2,1H3. The third-order valence-electron chi connectivity index (χ3n) is 4.72. The lowest BCUT2D eigenvalue weighted by Crippen LogP contribution is -2.49. The Balaban J connectivity index is 1.65. The molecule has 1 aliphatic rings. The summed E-state index contributed by atoms with van der Waals surface area (Å²) in [5.41, 5.74) is 1.48. The summed E-state index contributed by atoms with van der Waals surface area (Å²) in [6.45, 7) is 5.09. The Labute approximate surface area is 142 Å². The van der Waals surface area contributed by atoms with E-state index in [2.05, 4.69) is 36.1 Å². The molecule has 0 N–H and O–H groups in total. The highest BCUT2D eigenvalue weighted by Gasteiger charge is 2.27. The topological polar surface area (TPSA) is 23.6 Å². The number of carbonyl (C=O) groups excluding carboxylic acids is 1. The molecule has 0 aliphatic carbocycles. The molecule has 1 atom stereocenters. The molecule has 0 saturated carbocycles. The van der Waals surface area contributed by atoms with Crippen molar-refractivity contribution < 1.29 is 9.18 Å². The normalized spacial score (nSPS) is 16.8. The van der Waals surface area contributed by atoms with E-state index in [1.165, 1.54) is 11.6 Å². The molecule has 1 aliphatic heterocycles. The molecule has 2 aromatic rings. The molecule has 0 radical (unpaired) electrons. The van der Waals surface area contributed by atoms with Gasteiger partial charge in [-0.2, -0.15) is 0 Å². The van der Waals surface area contributed by atoms with E-state index in [4.69, 9.17) is 0 Å². The maximum Gasteiger partial charge on any atom is 0.256 e. The average molecular weight is 326 g/mol. The second-order valence-corrected chi connectivity index (χ2v) is 6.14. The highest BCUT2D eigenvalue weighted by Crippen LogP contribution is 2.25. The van der Waals surface area contributed by atoms with Crippen LogP contribution >= 0.6 is 0 Å². The van der Waals surface area contributed by atoms with E-state index in [1.807, 2.05) is 6.07 Å². The minimum Gasteiger partial charge on any atom is -0.336 e. The van der Waals surface area contributed by atoms with Gasteiger partial charge in [0.2, 0.25) is 0 Å². The summed E-state index contributed by atoms with van der Waals surface area (Å²) in [6, 6.07) is 17.1. The van der Waals surface area contributed by atoms with Crippen LogP contribution in [0.2, 0.25) is 0 Å². The first-order valence-electron chi connectivity index (χ1n) is 8.53. The molecule has 4 heteroatoms. The van der Waals surface area contributed by atoms with Crippen molar-refractivity contribution in [3.05, 3.63) is 71.5 Å². The second-order valence-electron chi connectivity index (χ2n) is 6.14. The maximum absolute atomic E-state index is 13.8. The minimum absolute atomic E-state index is 0.168. The SMILES string of the molecule is CCC(c1ccccc1)N1CCN(C(=O)c2ccccc2F)CC1. The molecular weight excluding hydrogens is 303 g/mol. The molecular formula is C20H23FN2O. The van der Waals surface area contributed by atoms with Crippen molar-refractivity contribution >= 4 is 5.91 Å². The summed E-state index contributed by atoms with van der Waals surface area (Å²) in [4.78, 5) is 16.7. The largest absolute Gasteiger partial charge is 0.336 e. The quantitative estimate of drug-likeness (QED) is 0.854. The van der Waals surface area contributed by atoms with Crippen molar-refractivity contribution in [2.24, 2.45) is 0 Å². The van der Waals surface area contributed by atoms with Crippen molar-refractivity contribution in [2.75, 3.05) is 26.2 Å². The van der Waals surface area contributed by atoms with Gasteiger partial charge in [-0.3, -0.25) is 9.69 Å². The Bertz CT molecular complexity index is 681. The predicted octanol–water partition coefficient (Wildman–Crippen LogP) is 3.73.